The highest BCUT2D eigenvalue weighted by Gasteiger charge is 2.86. The quantitative estimate of drug-likeness (QED) is 0.678. The Morgan fingerprint density at radius 1 is 0.556 bits per heavy atom. The van der Waals surface area contributed by atoms with Crippen molar-refractivity contribution < 1.29 is 48.3 Å². The minimum Gasteiger partial charge on any atom is -0.199 e. The van der Waals surface area contributed by atoms with Gasteiger partial charge in [-0.25, -0.2) is 0 Å². The van der Waals surface area contributed by atoms with Gasteiger partial charge < -0.3 is 0 Å². The Hall–Kier alpha value is -0.770. The summed E-state index contributed by atoms with van der Waals surface area (Å²) in [6.07, 6.45) is -8.00. The van der Waals surface area contributed by atoms with E-state index in [9.17, 15) is 48.3 Å². The van der Waals surface area contributed by atoms with Gasteiger partial charge >= 0.3 is 29.9 Å². The molecule has 109 valence electrons. The van der Waals surface area contributed by atoms with E-state index in [1.54, 1.807) is 0 Å². The lowest BCUT2D eigenvalue weighted by Gasteiger charge is -2.36. The van der Waals surface area contributed by atoms with Crippen molar-refractivity contribution in [1.82, 2.24) is 0 Å². The zero-order chi connectivity index (χ0) is 15.2. The molecule has 11 heteroatoms. The average molecular weight is 297 g/mol. The summed E-state index contributed by atoms with van der Waals surface area (Å²) in [5.74, 6) is -27.4. The lowest BCUT2D eigenvalue weighted by molar-refractivity contribution is -0.418. The lowest BCUT2D eigenvalue weighted by atomic mass is 9.97. The third-order valence-electron chi connectivity index (χ3n) is 1.93. The van der Waals surface area contributed by atoms with Crippen LogP contribution in [0.4, 0.5) is 48.3 Å². The molecule has 0 aliphatic heterocycles. The van der Waals surface area contributed by atoms with Crippen LogP contribution < -0.4 is 0 Å². The summed E-state index contributed by atoms with van der Waals surface area (Å²) in [6.45, 7) is 0.107. The molecule has 0 aliphatic rings. The smallest absolute Gasteiger partial charge is 0.199 e. The van der Waals surface area contributed by atoms with E-state index in [2.05, 4.69) is 0 Å². The summed E-state index contributed by atoms with van der Waals surface area (Å²) >= 11 is 0. The van der Waals surface area contributed by atoms with Gasteiger partial charge in [0.2, 0.25) is 0 Å². The van der Waals surface area contributed by atoms with Crippen molar-refractivity contribution in [3.05, 3.63) is 6.42 Å². The standard InChI is InChI=1S/C7H4F11/c1-2-3(8,9)4(10,11)5(12,13)6(14,15)7(16,17)18/h2H,1H3. The number of hydrogen-bond donors (Lipinski definition) is 0. The molecule has 0 rings (SSSR count). The summed E-state index contributed by atoms with van der Waals surface area (Å²) < 4.78 is 134. The molecular weight excluding hydrogens is 293 g/mol. The van der Waals surface area contributed by atoms with Crippen LogP contribution in [0.5, 0.6) is 0 Å². The van der Waals surface area contributed by atoms with E-state index >= 15 is 0 Å². The Morgan fingerprint density at radius 2 is 0.889 bits per heavy atom. The first-order chi connectivity index (χ1) is 7.56. The van der Waals surface area contributed by atoms with E-state index in [0.29, 0.717) is 0 Å². The Bertz CT molecular complexity index is 299. The maximum absolute atomic E-state index is 12.5. The molecule has 0 heterocycles. The molecule has 0 spiro atoms. The molecule has 0 fully saturated rings. The highest BCUT2D eigenvalue weighted by molar-refractivity contribution is 5.09. The Kier molecular flexibility index (Phi) is 3.94. The molecule has 0 nitrogen and oxygen atoms in total. The van der Waals surface area contributed by atoms with E-state index in [1.165, 1.54) is 0 Å². The van der Waals surface area contributed by atoms with Crippen LogP contribution in [0, 0.1) is 6.42 Å². The largest absolute Gasteiger partial charge is 0.460 e. The normalized spacial score (nSPS) is 16.0. The minimum absolute atomic E-state index is 0.107. The van der Waals surface area contributed by atoms with Gasteiger partial charge in [0.05, 0.1) is 0 Å². The first kappa shape index (κ1) is 17.2. The lowest BCUT2D eigenvalue weighted by Crippen LogP contribution is -2.66. The van der Waals surface area contributed by atoms with Crippen LogP contribution in [0.2, 0.25) is 0 Å². The molecule has 18 heavy (non-hydrogen) atoms. The second-order valence-corrected chi connectivity index (χ2v) is 3.13. The maximum Gasteiger partial charge on any atom is 0.460 e. The SMILES string of the molecule is C[CH]C(F)(F)C(F)(F)C(F)(F)C(F)(F)C(F)(F)F. The van der Waals surface area contributed by atoms with Gasteiger partial charge in [-0.05, 0) is 0 Å². The van der Waals surface area contributed by atoms with Gasteiger partial charge in [-0.15, -0.1) is 0 Å². The molecule has 1 radical (unpaired) electrons. The first-order valence-electron chi connectivity index (χ1n) is 3.94. The Labute approximate surface area is 92.7 Å². The van der Waals surface area contributed by atoms with E-state index < -0.39 is 36.3 Å². The molecule has 0 saturated heterocycles. The molecule has 0 N–H and O–H groups in total. The van der Waals surface area contributed by atoms with Gasteiger partial charge in [0.25, 0.3) is 0 Å². The highest BCUT2D eigenvalue weighted by atomic mass is 19.4. The average Bonchev–Trinajstić information content (AvgIpc) is 2.15. The van der Waals surface area contributed by atoms with Crippen LogP contribution in [-0.4, -0.2) is 29.9 Å². The van der Waals surface area contributed by atoms with E-state index in [4.69, 9.17) is 0 Å². The maximum atomic E-state index is 12.5. The van der Waals surface area contributed by atoms with Crippen LogP contribution in [0.25, 0.3) is 0 Å². The fourth-order valence-electron chi connectivity index (χ4n) is 0.766. The van der Waals surface area contributed by atoms with E-state index in [1.807, 2.05) is 0 Å². The fraction of sp³-hybridized carbons (Fsp3) is 0.857. The van der Waals surface area contributed by atoms with Crippen molar-refractivity contribution in [2.75, 3.05) is 0 Å². The monoisotopic (exact) mass is 297 g/mol. The summed E-state index contributed by atoms with van der Waals surface area (Å²) in [5.41, 5.74) is 0. The predicted octanol–water partition coefficient (Wildman–Crippen LogP) is 4.31. The Morgan fingerprint density at radius 3 is 1.11 bits per heavy atom. The van der Waals surface area contributed by atoms with Crippen molar-refractivity contribution in [2.45, 2.75) is 36.8 Å². The molecule has 0 aromatic carbocycles. The van der Waals surface area contributed by atoms with Crippen LogP contribution >= 0.6 is 0 Å². The third-order valence-corrected chi connectivity index (χ3v) is 1.93. The van der Waals surface area contributed by atoms with Gasteiger partial charge in [0, 0.05) is 6.42 Å². The van der Waals surface area contributed by atoms with Crippen molar-refractivity contribution in [2.24, 2.45) is 0 Å². The van der Waals surface area contributed by atoms with Crippen LogP contribution in [0.3, 0.4) is 0 Å². The second kappa shape index (κ2) is 4.12. The van der Waals surface area contributed by atoms with Gasteiger partial charge in [-0.3, -0.25) is 0 Å². The summed E-state index contributed by atoms with van der Waals surface area (Å²) in [4.78, 5) is 0. The summed E-state index contributed by atoms with van der Waals surface area (Å²) in [5, 5.41) is 0. The zero-order valence-corrected chi connectivity index (χ0v) is 8.23. The molecule has 0 aliphatic carbocycles. The van der Waals surface area contributed by atoms with E-state index in [0.717, 1.165) is 0 Å². The minimum atomic E-state index is -7.31. The molecule has 0 amide bonds. The first-order valence-corrected chi connectivity index (χ1v) is 3.94. The molecule has 0 bridgehead atoms. The number of halogens is 11. The number of alkyl halides is 11. The van der Waals surface area contributed by atoms with Crippen molar-refractivity contribution >= 4 is 0 Å². The number of rotatable bonds is 4. The second-order valence-electron chi connectivity index (χ2n) is 3.13. The molecule has 0 unspecified atom stereocenters. The molecule has 0 atom stereocenters. The third kappa shape index (κ3) is 2.11. The van der Waals surface area contributed by atoms with Gasteiger partial charge in [0.1, 0.15) is 0 Å². The fourth-order valence-corrected chi connectivity index (χ4v) is 0.766. The summed E-state index contributed by atoms with van der Waals surface area (Å²) in [6, 6.07) is 0. The molecule has 0 saturated carbocycles. The van der Waals surface area contributed by atoms with Crippen molar-refractivity contribution in [1.29, 1.82) is 0 Å². The molecule has 0 aromatic heterocycles. The van der Waals surface area contributed by atoms with Crippen LogP contribution in [-0.2, 0) is 0 Å². The topological polar surface area (TPSA) is 0 Å². The van der Waals surface area contributed by atoms with E-state index in [-0.39, 0.29) is 6.92 Å². The molecular formula is C7H4F11. The van der Waals surface area contributed by atoms with Crippen molar-refractivity contribution in [3.8, 4) is 0 Å². The van der Waals surface area contributed by atoms with Crippen LogP contribution in [0.1, 0.15) is 6.92 Å². The number of hydrogen-bond acceptors (Lipinski definition) is 0. The van der Waals surface area contributed by atoms with Crippen molar-refractivity contribution in [3.63, 3.8) is 0 Å². The van der Waals surface area contributed by atoms with Crippen LogP contribution in [0.15, 0.2) is 0 Å². The molecule has 0 aromatic rings. The highest BCUT2D eigenvalue weighted by Crippen LogP contribution is 2.57. The van der Waals surface area contributed by atoms with Gasteiger partial charge in [-0.1, -0.05) is 6.92 Å². The Balaban J connectivity index is 5.80. The predicted molar refractivity (Wildman–Crippen MR) is 35.8 cm³/mol. The van der Waals surface area contributed by atoms with Gasteiger partial charge in [0.15, 0.2) is 0 Å². The zero-order valence-electron chi connectivity index (χ0n) is 8.23. The summed E-state index contributed by atoms with van der Waals surface area (Å²) in [7, 11) is 0. The van der Waals surface area contributed by atoms with Gasteiger partial charge in [-0.2, -0.15) is 48.3 Å².